The summed E-state index contributed by atoms with van der Waals surface area (Å²) in [4.78, 5) is 10.9. The lowest BCUT2D eigenvalue weighted by molar-refractivity contribution is 0.0697. The zero-order valence-corrected chi connectivity index (χ0v) is 10.4. The van der Waals surface area contributed by atoms with Crippen molar-refractivity contribution in [3.63, 3.8) is 0 Å². The SMILES string of the molecule is COCCCCCNc1ccc(F)cc1C(=O)O. The van der Waals surface area contributed by atoms with Crippen LogP contribution < -0.4 is 5.32 Å². The number of unbranched alkanes of at least 4 members (excludes halogenated alkanes) is 2. The molecule has 1 aromatic carbocycles. The van der Waals surface area contributed by atoms with Gasteiger partial charge in [0.1, 0.15) is 5.82 Å². The number of nitrogens with one attached hydrogen (secondary N) is 1. The van der Waals surface area contributed by atoms with E-state index in [1.165, 1.54) is 12.1 Å². The fraction of sp³-hybridized carbons (Fsp3) is 0.462. The lowest BCUT2D eigenvalue weighted by Gasteiger charge is -2.09. The number of carboxylic acid groups (broad SMARTS) is 1. The maximum atomic E-state index is 12.9. The Morgan fingerprint density at radius 2 is 2.17 bits per heavy atom. The van der Waals surface area contributed by atoms with Crippen LogP contribution in [0.2, 0.25) is 0 Å². The number of aromatic carboxylic acids is 1. The first-order valence-corrected chi connectivity index (χ1v) is 5.91. The van der Waals surface area contributed by atoms with Crippen molar-refractivity contribution in [1.29, 1.82) is 0 Å². The van der Waals surface area contributed by atoms with E-state index in [1.807, 2.05) is 0 Å². The molecule has 4 nitrogen and oxygen atoms in total. The smallest absolute Gasteiger partial charge is 0.337 e. The van der Waals surface area contributed by atoms with E-state index < -0.39 is 11.8 Å². The highest BCUT2D eigenvalue weighted by Gasteiger charge is 2.10. The van der Waals surface area contributed by atoms with Gasteiger partial charge in [-0.3, -0.25) is 0 Å². The molecule has 1 rings (SSSR count). The first-order valence-electron chi connectivity index (χ1n) is 5.91. The molecule has 18 heavy (non-hydrogen) atoms. The van der Waals surface area contributed by atoms with Crippen LogP contribution in [0.25, 0.3) is 0 Å². The standard InChI is InChI=1S/C13H18FNO3/c1-18-8-4-2-3-7-15-12-6-5-10(14)9-11(12)13(16)17/h5-6,9,15H,2-4,7-8H2,1H3,(H,16,17). The average Bonchev–Trinajstić information content (AvgIpc) is 2.35. The highest BCUT2D eigenvalue weighted by atomic mass is 19.1. The maximum absolute atomic E-state index is 12.9. The molecule has 0 heterocycles. The van der Waals surface area contributed by atoms with Gasteiger partial charge in [0, 0.05) is 25.9 Å². The second kappa shape index (κ2) is 7.66. The van der Waals surface area contributed by atoms with Gasteiger partial charge < -0.3 is 15.2 Å². The summed E-state index contributed by atoms with van der Waals surface area (Å²) in [5, 5.41) is 11.9. The lowest BCUT2D eigenvalue weighted by atomic mass is 10.1. The predicted octanol–water partition coefficient (Wildman–Crippen LogP) is 2.75. The number of anilines is 1. The van der Waals surface area contributed by atoms with E-state index >= 15 is 0 Å². The Balaban J connectivity index is 2.44. The number of methoxy groups -OCH3 is 1. The van der Waals surface area contributed by atoms with Gasteiger partial charge in [0.25, 0.3) is 0 Å². The van der Waals surface area contributed by atoms with Crippen molar-refractivity contribution >= 4 is 11.7 Å². The average molecular weight is 255 g/mol. The Hall–Kier alpha value is -1.62. The van der Waals surface area contributed by atoms with E-state index in [-0.39, 0.29) is 5.56 Å². The van der Waals surface area contributed by atoms with Crippen LogP contribution in [0.4, 0.5) is 10.1 Å². The van der Waals surface area contributed by atoms with E-state index in [9.17, 15) is 9.18 Å². The van der Waals surface area contributed by atoms with Gasteiger partial charge in [-0.15, -0.1) is 0 Å². The minimum Gasteiger partial charge on any atom is -0.478 e. The Labute approximate surface area is 106 Å². The van der Waals surface area contributed by atoms with Gasteiger partial charge in [-0.25, -0.2) is 9.18 Å². The molecule has 0 radical (unpaired) electrons. The molecule has 2 N–H and O–H groups in total. The van der Waals surface area contributed by atoms with E-state index in [4.69, 9.17) is 9.84 Å². The third-order valence-corrected chi connectivity index (χ3v) is 2.55. The number of hydrogen-bond donors (Lipinski definition) is 2. The van der Waals surface area contributed by atoms with Crippen molar-refractivity contribution < 1.29 is 19.0 Å². The molecule has 0 bridgehead atoms. The molecule has 0 amide bonds. The first kappa shape index (κ1) is 14.4. The fourth-order valence-electron chi connectivity index (χ4n) is 1.62. The number of halogens is 1. The van der Waals surface area contributed by atoms with Gasteiger partial charge in [-0.05, 0) is 37.5 Å². The van der Waals surface area contributed by atoms with Crippen molar-refractivity contribution in [3.05, 3.63) is 29.6 Å². The van der Waals surface area contributed by atoms with Gasteiger partial charge in [-0.1, -0.05) is 0 Å². The second-order valence-electron chi connectivity index (χ2n) is 3.98. The van der Waals surface area contributed by atoms with Crippen LogP contribution >= 0.6 is 0 Å². The van der Waals surface area contributed by atoms with Crippen molar-refractivity contribution in [1.82, 2.24) is 0 Å². The van der Waals surface area contributed by atoms with Gasteiger partial charge in [0.15, 0.2) is 0 Å². The molecule has 0 aliphatic carbocycles. The number of carboxylic acids is 1. The van der Waals surface area contributed by atoms with Crippen LogP contribution in [0.15, 0.2) is 18.2 Å². The summed E-state index contributed by atoms with van der Waals surface area (Å²) in [6, 6.07) is 3.73. The summed E-state index contributed by atoms with van der Waals surface area (Å²) < 4.78 is 17.9. The Morgan fingerprint density at radius 3 is 2.83 bits per heavy atom. The van der Waals surface area contributed by atoms with E-state index in [0.29, 0.717) is 12.2 Å². The fourth-order valence-corrected chi connectivity index (χ4v) is 1.62. The number of benzene rings is 1. The van der Waals surface area contributed by atoms with Crippen LogP contribution in [0.1, 0.15) is 29.6 Å². The molecule has 0 aliphatic heterocycles. The molecule has 0 saturated carbocycles. The molecule has 1 aromatic rings. The summed E-state index contributed by atoms with van der Waals surface area (Å²) >= 11 is 0. The molecule has 0 aliphatic rings. The molecule has 0 atom stereocenters. The zero-order chi connectivity index (χ0) is 13.4. The minimum absolute atomic E-state index is 0.0353. The second-order valence-corrected chi connectivity index (χ2v) is 3.98. The lowest BCUT2D eigenvalue weighted by Crippen LogP contribution is -2.08. The van der Waals surface area contributed by atoms with Gasteiger partial charge in [0.2, 0.25) is 0 Å². The molecular weight excluding hydrogens is 237 g/mol. The number of carbonyl (C=O) groups is 1. The topological polar surface area (TPSA) is 58.6 Å². The quantitative estimate of drug-likeness (QED) is 0.701. The van der Waals surface area contributed by atoms with Crippen LogP contribution in [0.5, 0.6) is 0 Å². The largest absolute Gasteiger partial charge is 0.478 e. The summed E-state index contributed by atoms with van der Waals surface area (Å²) in [6.07, 6.45) is 2.90. The highest BCUT2D eigenvalue weighted by Crippen LogP contribution is 2.17. The highest BCUT2D eigenvalue weighted by molar-refractivity contribution is 5.94. The summed E-state index contributed by atoms with van der Waals surface area (Å²) in [5.74, 6) is -1.67. The molecule has 0 fully saturated rings. The number of hydrogen-bond acceptors (Lipinski definition) is 3. The zero-order valence-electron chi connectivity index (χ0n) is 10.4. The van der Waals surface area contributed by atoms with E-state index in [2.05, 4.69) is 5.32 Å². The number of ether oxygens (including phenoxy) is 1. The molecule has 0 spiro atoms. The molecule has 0 unspecified atom stereocenters. The van der Waals surface area contributed by atoms with E-state index in [1.54, 1.807) is 7.11 Å². The summed E-state index contributed by atoms with van der Waals surface area (Å²) in [5.41, 5.74) is 0.419. The van der Waals surface area contributed by atoms with Crippen LogP contribution in [0.3, 0.4) is 0 Å². The van der Waals surface area contributed by atoms with Gasteiger partial charge in [0.05, 0.1) is 5.56 Å². The van der Waals surface area contributed by atoms with Crippen LogP contribution in [-0.2, 0) is 4.74 Å². The normalized spacial score (nSPS) is 10.3. The molecule has 0 saturated heterocycles. The summed E-state index contributed by atoms with van der Waals surface area (Å²) in [6.45, 7) is 1.40. The Morgan fingerprint density at radius 1 is 1.39 bits per heavy atom. The van der Waals surface area contributed by atoms with Crippen LogP contribution in [0, 0.1) is 5.82 Å². The summed E-state index contributed by atoms with van der Waals surface area (Å²) in [7, 11) is 1.66. The first-order chi connectivity index (χ1) is 8.65. The number of rotatable bonds is 8. The molecule has 0 aromatic heterocycles. The third kappa shape index (κ3) is 4.71. The monoisotopic (exact) mass is 255 g/mol. The van der Waals surface area contributed by atoms with Crippen molar-refractivity contribution in [2.45, 2.75) is 19.3 Å². The van der Waals surface area contributed by atoms with E-state index in [0.717, 1.165) is 31.9 Å². The Kier molecular flexibility index (Phi) is 6.14. The third-order valence-electron chi connectivity index (χ3n) is 2.55. The van der Waals surface area contributed by atoms with Crippen LogP contribution in [-0.4, -0.2) is 31.3 Å². The Bertz CT molecular complexity index is 396. The van der Waals surface area contributed by atoms with Gasteiger partial charge in [-0.2, -0.15) is 0 Å². The minimum atomic E-state index is -1.13. The van der Waals surface area contributed by atoms with Crippen molar-refractivity contribution in [2.24, 2.45) is 0 Å². The van der Waals surface area contributed by atoms with Gasteiger partial charge >= 0.3 is 5.97 Å². The molecular formula is C13H18FNO3. The molecule has 100 valence electrons. The van der Waals surface area contributed by atoms with Crippen molar-refractivity contribution in [3.8, 4) is 0 Å². The molecule has 5 heteroatoms. The van der Waals surface area contributed by atoms with Crippen molar-refractivity contribution in [2.75, 3.05) is 25.6 Å². The maximum Gasteiger partial charge on any atom is 0.337 e. The predicted molar refractivity (Wildman–Crippen MR) is 67.6 cm³/mol.